The zero-order valence-electron chi connectivity index (χ0n) is 7.16. The van der Waals surface area contributed by atoms with E-state index >= 15 is 0 Å². The highest BCUT2D eigenvalue weighted by atomic mass is 15.1. The number of fused-ring (bicyclic) bond motifs is 1. The molecule has 0 spiro atoms. The van der Waals surface area contributed by atoms with E-state index in [1.807, 2.05) is 0 Å². The fraction of sp³-hybridized carbons (Fsp3) is 0.600. The fourth-order valence-corrected chi connectivity index (χ4v) is 2.20. The third-order valence-electron chi connectivity index (χ3n) is 2.99. The van der Waals surface area contributed by atoms with Gasteiger partial charge in [0.25, 0.3) is 0 Å². The second-order valence-corrected chi connectivity index (χ2v) is 3.90. The van der Waals surface area contributed by atoms with Crippen LogP contribution >= 0.6 is 0 Å². The normalized spacial score (nSPS) is 28.5. The first-order valence-corrected chi connectivity index (χ1v) is 4.83. The molecule has 1 aliphatic carbocycles. The van der Waals surface area contributed by atoms with Crippen LogP contribution in [0.5, 0.6) is 0 Å². The standard InChI is InChI=1S/C10H14N2/c1-2-9-10(8-3-4-8)11-5-7-12(9)6-1/h1-2,6,8,10-11H,3-5,7H2. The smallest absolute Gasteiger partial charge is 0.0504 e. The summed E-state index contributed by atoms with van der Waals surface area (Å²) >= 11 is 0. The predicted molar refractivity (Wildman–Crippen MR) is 47.9 cm³/mol. The van der Waals surface area contributed by atoms with Crippen molar-refractivity contribution in [2.24, 2.45) is 5.92 Å². The van der Waals surface area contributed by atoms with Gasteiger partial charge in [-0.3, -0.25) is 0 Å². The topological polar surface area (TPSA) is 17.0 Å². The van der Waals surface area contributed by atoms with Gasteiger partial charge in [0, 0.05) is 25.0 Å². The molecular weight excluding hydrogens is 148 g/mol. The van der Waals surface area contributed by atoms with E-state index in [1.54, 1.807) is 0 Å². The van der Waals surface area contributed by atoms with Crippen molar-refractivity contribution in [2.75, 3.05) is 6.54 Å². The molecule has 1 saturated carbocycles. The maximum Gasteiger partial charge on any atom is 0.0504 e. The molecule has 0 saturated heterocycles. The van der Waals surface area contributed by atoms with E-state index in [-0.39, 0.29) is 0 Å². The van der Waals surface area contributed by atoms with Crippen LogP contribution in [0.4, 0.5) is 0 Å². The molecule has 64 valence electrons. The molecule has 12 heavy (non-hydrogen) atoms. The summed E-state index contributed by atoms with van der Waals surface area (Å²) in [5.41, 5.74) is 1.50. The highest BCUT2D eigenvalue weighted by Gasteiger charge is 2.34. The fourth-order valence-electron chi connectivity index (χ4n) is 2.20. The van der Waals surface area contributed by atoms with Gasteiger partial charge in [-0.15, -0.1) is 0 Å². The van der Waals surface area contributed by atoms with Gasteiger partial charge < -0.3 is 9.88 Å². The van der Waals surface area contributed by atoms with E-state index < -0.39 is 0 Å². The van der Waals surface area contributed by atoms with E-state index in [0.29, 0.717) is 6.04 Å². The van der Waals surface area contributed by atoms with E-state index in [4.69, 9.17) is 0 Å². The minimum atomic E-state index is 0.661. The molecule has 1 atom stereocenters. The van der Waals surface area contributed by atoms with Gasteiger partial charge in [0.1, 0.15) is 0 Å². The Balaban J connectivity index is 1.97. The van der Waals surface area contributed by atoms with Crippen molar-refractivity contribution >= 4 is 0 Å². The van der Waals surface area contributed by atoms with Crippen LogP contribution in [0.25, 0.3) is 0 Å². The van der Waals surface area contributed by atoms with Gasteiger partial charge in [0.05, 0.1) is 6.04 Å². The molecule has 2 nitrogen and oxygen atoms in total. The largest absolute Gasteiger partial charge is 0.349 e. The van der Waals surface area contributed by atoms with Gasteiger partial charge in [0.2, 0.25) is 0 Å². The Morgan fingerprint density at radius 2 is 2.33 bits per heavy atom. The molecule has 0 radical (unpaired) electrons. The maximum absolute atomic E-state index is 3.60. The Kier molecular flexibility index (Phi) is 1.32. The third kappa shape index (κ3) is 0.911. The molecular formula is C10H14N2. The molecule has 2 heterocycles. The summed E-state index contributed by atoms with van der Waals surface area (Å²) in [6.07, 6.45) is 5.04. The number of nitrogens with one attached hydrogen (secondary N) is 1. The molecule has 3 rings (SSSR count). The number of hydrogen-bond acceptors (Lipinski definition) is 1. The van der Waals surface area contributed by atoms with Gasteiger partial charge in [-0.2, -0.15) is 0 Å². The molecule has 1 fully saturated rings. The van der Waals surface area contributed by atoms with E-state index in [2.05, 4.69) is 28.2 Å². The maximum atomic E-state index is 3.60. The predicted octanol–water partition coefficient (Wildman–Crippen LogP) is 1.54. The lowest BCUT2D eigenvalue weighted by Gasteiger charge is -2.26. The Labute approximate surface area is 72.6 Å². The van der Waals surface area contributed by atoms with E-state index in [9.17, 15) is 0 Å². The molecule has 1 unspecified atom stereocenters. The quantitative estimate of drug-likeness (QED) is 0.663. The van der Waals surface area contributed by atoms with Crippen LogP contribution in [0.1, 0.15) is 24.6 Å². The van der Waals surface area contributed by atoms with Crippen LogP contribution in [0.3, 0.4) is 0 Å². The summed E-state index contributed by atoms with van der Waals surface area (Å²) < 4.78 is 2.39. The Hall–Kier alpha value is -0.760. The van der Waals surface area contributed by atoms with Gasteiger partial charge >= 0.3 is 0 Å². The average Bonchev–Trinajstić information content (AvgIpc) is 2.82. The van der Waals surface area contributed by atoms with Crippen molar-refractivity contribution in [1.29, 1.82) is 0 Å². The lowest BCUT2D eigenvalue weighted by atomic mass is 10.1. The molecule has 0 bridgehead atoms. The van der Waals surface area contributed by atoms with Crippen LogP contribution in [-0.4, -0.2) is 11.1 Å². The van der Waals surface area contributed by atoms with Crippen molar-refractivity contribution in [3.63, 3.8) is 0 Å². The highest BCUT2D eigenvalue weighted by Crippen LogP contribution is 2.41. The highest BCUT2D eigenvalue weighted by molar-refractivity contribution is 5.16. The Morgan fingerprint density at radius 1 is 1.42 bits per heavy atom. The van der Waals surface area contributed by atoms with E-state index in [1.165, 1.54) is 18.5 Å². The number of rotatable bonds is 1. The first-order chi connectivity index (χ1) is 5.95. The van der Waals surface area contributed by atoms with Crippen molar-refractivity contribution in [3.05, 3.63) is 24.0 Å². The number of aromatic nitrogens is 1. The van der Waals surface area contributed by atoms with Gasteiger partial charge in [-0.05, 0) is 30.9 Å². The average molecular weight is 162 g/mol. The minimum absolute atomic E-state index is 0.661. The van der Waals surface area contributed by atoms with Crippen molar-refractivity contribution in [3.8, 4) is 0 Å². The van der Waals surface area contributed by atoms with Crippen LogP contribution in [0.2, 0.25) is 0 Å². The van der Waals surface area contributed by atoms with E-state index in [0.717, 1.165) is 19.0 Å². The molecule has 1 N–H and O–H groups in total. The summed E-state index contributed by atoms with van der Waals surface area (Å²) in [7, 11) is 0. The summed E-state index contributed by atoms with van der Waals surface area (Å²) in [5.74, 6) is 0.930. The van der Waals surface area contributed by atoms with Crippen LogP contribution in [-0.2, 0) is 6.54 Å². The summed E-state index contributed by atoms with van der Waals surface area (Å²) in [4.78, 5) is 0. The summed E-state index contributed by atoms with van der Waals surface area (Å²) in [6, 6.07) is 5.08. The minimum Gasteiger partial charge on any atom is -0.349 e. The zero-order chi connectivity index (χ0) is 7.97. The molecule has 0 amide bonds. The molecule has 1 aromatic rings. The van der Waals surface area contributed by atoms with Crippen LogP contribution in [0.15, 0.2) is 18.3 Å². The molecule has 1 aliphatic heterocycles. The molecule has 2 aliphatic rings. The lowest BCUT2D eigenvalue weighted by molar-refractivity contribution is 0.392. The van der Waals surface area contributed by atoms with Gasteiger partial charge in [-0.1, -0.05) is 0 Å². The SMILES string of the molecule is c1cc2n(c1)CCNC2C1CC1. The molecule has 1 aromatic heterocycles. The second-order valence-electron chi connectivity index (χ2n) is 3.90. The first-order valence-electron chi connectivity index (χ1n) is 4.83. The van der Waals surface area contributed by atoms with Crippen LogP contribution in [0, 0.1) is 5.92 Å². The second kappa shape index (κ2) is 2.36. The number of hydrogen-bond donors (Lipinski definition) is 1. The first kappa shape index (κ1) is 6.72. The molecule has 0 aromatic carbocycles. The van der Waals surface area contributed by atoms with Gasteiger partial charge in [-0.25, -0.2) is 0 Å². The molecule has 2 heteroatoms. The zero-order valence-corrected chi connectivity index (χ0v) is 7.16. The number of nitrogens with zero attached hydrogens (tertiary/aromatic N) is 1. The Morgan fingerprint density at radius 3 is 3.17 bits per heavy atom. The van der Waals surface area contributed by atoms with Crippen LogP contribution < -0.4 is 5.32 Å². The van der Waals surface area contributed by atoms with Crippen molar-refractivity contribution < 1.29 is 0 Å². The monoisotopic (exact) mass is 162 g/mol. The lowest BCUT2D eigenvalue weighted by Crippen LogP contribution is -2.33. The third-order valence-corrected chi connectivity index (χ3v) is 2.99. The van der Waals surface area contributed by atoms with Crippen molar-refractivity contribution in [1.82, 2.24) is 9.88 Å². The summed E-state index contributed by atoms with van der Waals surface area (Å²) in [5, 5.41) is 3.60. The summed E-state index contributed by atoms with van der Waals surface area (Å²) in [6.45, 7) is 2.29. The Bertz CT molecular complexity index is 286. The van der Waals surface area contributed by atoms with Crippen molar-refractivity contribution in [2.45, 2.75) is 25.4 Å². The van der Waals surface area contributed by atoms with Gasteiger partial charge in [0.15, 0.2) is 0 Å².